The molecule has 0 aliphatic carbocycles. The number of halogens is 3. The number of anilines is 1. The molecule has 0 saturated carbocycles. The Kier molecular flexibility index (Phi) is 6.09. The minimum absolute atomic E-state index is 0.0996. The third-order valence-electron chi connectivity index (χ3n) is 4.80. The number of benzene rings is 2. The molecule has 0 saturated heterocycles. The molecule has 0 fully saturated rings. The molecule has 0 spiro atoms. The second-order valence-corrected chi connectivity index (χ2v) is 10.6. The molecule has 1 aromatic heterocycles. The van der Waals surface area contributed by atoms with Crippen LogP contribution in [0.4, 0.5) is 19.0 Å². The molecule has 160 valence electrons. The van der Waals surface area contributed by atoms with Crippen LogP contribution in [-0.4, -0.2) is 30.4 Å². The third kappa shape index (κ3) is 4.29. The van der Waals surface area contributed by atoms with Gasteiger partial charge in [-0.2, -0.15) is 0 Å². The minimum atomic E-state index is -2.91. The maximum Gasteiger partial charge on any atom is 0.266 e. The van der Waals surface area contributed by atoms with Gasteiger partial charge in [0, 0.05) is 17.0 Å². The first-order valence-corrected chi connectivity index (χ1v) is 11.9. The van der Waals surface area contributed by atoms with Gasteiger partial charge in [0.15, 0.2) is 0 Å². The van der Waals surface area contributed by atoms with Crippen molar-refractivity contribution in [3.05, 3.63) is 53.1 Å². The van der Waals surface area contributed by atoms with Crippen LogP contribution in [0.2, 0.25) is 0 Å². The van der Waals surface area contributed by atoms with Gasteiger partial charge in [-0.3, -0.25) is 0 Å². The topological polar surface area (TPSA) is 64.1 Å². The van der Waals surface area contributed by atoms with Crippen molar-refractivity contribution in [2.75, 3.05) is 25.8 Å². The summed E-state index contributed by atoms with van der Waals surface area (Å²) in [5, 5.41) is 4.21. The molecule has 0 unspecified atom stereocenters. The van der Waals surface area contributed by atoms with E-state index in [0.717, 1.165) is 6.07 Å². The van der Waals surface area contributed by atoms with Crippen molar-refractivity contribution in [2.24, 2.45) is 0 Å². The Morgan fingerprint density at radius 2 is 1.80 bits per heavy atom. The lowest BCUT2D eigenvalue weighted by atomic mass is 10.0. The number of rotatable bonds is 6. The van der Waals surface area contributed by atoms with E-state index in [1.165, 1.54) is 19.2 Å². The maximum absolute atomic E-state index is 14.6. The highest BCUT2D eigenvalue weighted by Crippen LogP contribution is 2.41. The molecule has 3 rings (SSSR count). The van der Waals surface area contributed by atoms with Gasteiger partial charge in [-0.05, 0) is 33.2 Å². The van der Waals surface area contributed by atoms with Crippen LogP contribution >= 0.6 is 7.14 Å². The number of nitrogens with one attached hydrogen (secondary N) is 1. The van der Waals surface area contributed by atoms with Crippen molar-refractivity contribution in [1.82, 2.24) is 9.97 Å². The highest BCUT2D eigenvalue weighted by atomic mass is 31.2. The van der Waals surface area contributed by atoms with Gasteiger partial charge in [-0.1, -0.05) is 18.2 Å². The molecule has 0 amide bonds. The summed E-state index contributed by atoms with van der Waals surface area (Å²) in [5.41, 5.74) is 0.0189. The number of aromatic nitrogens is 2. The van der Waals surface area contributed by atoms with Gasteiger partial charge in [0.1, 0.15) is 30.4 Å². The van der Waals surface area contributed by atoms with E-state index in [1.807, 2.05) is 0 Å². The molecule has 0 radical (unpaired) electrons. The smallest absolute Gasteiger partial charge is 0.266 e. The van der Waals surface area contributed by atoms with Gasteiger partial charge in [-0.25, -0.2) is 23.1 Å². The summed E-state index contributed by atoms with van der Waals surface area (Å²) in [6, 6.07) is 6.66. The number of fused-ring (bicyclic) bond motifs is 1. The average Bonchev–Trinajstić information content (AvgIpc) is 2.65. The average molecular weight is 437 g/mol. The summed E-state index contributed by atoms with van der Waals surface area (Å²) in [6.45, 7) is 6.63. The first kappa shape index (κ1) is 22.1. The first-order valence-electron chi connectivity index (χ1n) is 9.27. The third-order valence-corrected chi connectivity index (χ3v) is 6.31. The van der Waals surface area contributed by atoms with Crippen LogP contribution in [0.3, 0.4) is 0 Å². The van der Waals surface area contributed by atoms with Gasteiger partial charge in [0.2, 0.25) is 0 Å². The van der Waals surface area contributed by atoms with Crippen LogP contribution in [-0.2, 0) is 4.57 Å². The predicted molar refractivity (Wildman–Crippen MR) is 113 cm³/mol. The summed E-state index contributed by atoms with van der Waals surface area (Å²) in [4.78, 5) is 8.82. The number of ether oxygens (including phenoxy) is 1. The zero-order valence-electron chi connectivity index (χ0n) is 17.3. The van der Waals surface area contributed by atoms with Gasteiger partial charge in [0.25, 0.3) is 6.43 Å². The number of hydrogen-bond acceptors (Lipinski definition) is 5. The van der Waals surface area contributed by atoms with Crippen LogP contribution in [0.5, 0.6) is 5.75 Å². The molecule has 9 heteroatoms. The fourth-order valence-corrected chi connectivity index (χ4v) is 4.44. The molecule has 5 nitrogen and oxygen atoms in total. The van der Waals surface area contributed by atoms with Gasteiger partial charge < -0.3 is 14.6 Å². The molecule has 0 bridgehead atoms. The SMILES string of the molecule is COc1cc2nc(C)nc(N[C@H](C)c3cccc(C(F)F)c3F)c2cc1P(C)(C)=O. The molecule has 30 heavy (non-hydrogen) atoms. The molecule has 3 aromatic rings. The van der Waals surface area contributed by atoms with E-state index in [4.69, 9.17) is 4.74 Å². The standard InChI is InChI=1S/C21H23F3N3O2P/c1-11(13-7-6-8-14(19(13)22)20(23)24)25-21-15-9-18(30(4,5)28)17(29-3)10-16(15)26-12(2)27-21/h6-11,20H,1-5H3,(H,25,26,27)/t11-/m1/s1. The van der Waals surface area contributed by atoms with E-state index in [0.29, 0.717) is 33.6 Å². The number of aryl methyl sites for hydroxylation is 1. The van der Waals surface area contributed by atoms with Crippen LogP contribution in [0.15, 0.2) is 30.3 Å². The monoisotopic (exact) mass is 437 g/mol. The van der Waals surface area contributed by atoms with Gasteiger partial charge in [0.05, 0.1) is 29.5 Å². The zero-order valence-corrected chi connectivity index (χ0v) is 18.2. The van der Waals surface area contributed by atoms with Crippen molar-refractivity contribution in [1.29, 1.82) is 0 Å². The van der Waals surface area contributed by atoms with Crippen molar-refractivity contribution in [3.8, 4) is 5.75 Å². The summed E-state index contributed by atoms with van der Waals surface area (Å²) in [5.74, 6) is 0.370. The van der Waals surface area contributed by atoms with Crippen molar-refractivity contribution < 1.29 is 22.5 Å². The molecule has 1 N–H and O–H groups in total. The first-order chi connectivity index (χ1) is 14.0. The normalized spacial score (nSPS) is 13.0. The molecule has 2 aromatic carbocycles. The Morgan fingerprint density at radius 1 is 1.13 bits per heavy atom. The molecule has 1 heterocycles. The highest BCUT2D eigenvalue weighted by Gasteiger charge is 2.23. The Balaban J connectivity index is 2.12. The van der Waals surface area contributed by atoms with E-state index in [1.54, 1.807) is 39.3 Å². The lowest BCUT2D eigenvalue weighted by Gasteiger charge is -2.20. The summed E-state index contributed by atoms with van der Waals surface area (Å²) in [7, 11) is -1.18. The Hall–Kier alpha value is -2.60. The summed E-state index contributed by atoms with van der Waals surface area (Å²) < 4.78 is 58.9. The van der Waals surface area contributed by atoms with Crippen molar-refractivity contribution in [2.45, 2.75) is 26.3 Å². The largest absolute Gasteiger partial charge is 0.496 e. The number of hydrogen-bond donors (Lipinski definition) is 1. The minimum Gasteiger partial charge on any atom is -0.496 e. The Labute approximate surface area is 173 Å². The number of alkyl halides is 2. The van der Waals surface area contributed by atoms with Crippen LogP contribution in [0, 0.1) is 12.7 Å². The van der Waals surface area contributed by atoms with Crippen LogP contribution < -0.4 is 15.4 Å². The van der Waals surface area contributed by atoms with E-state index in [9.17, 15) is 17.7 Å². The molecule has 0 aliphatic heterocycles. The summed E-state index contributed by atoms with van der Waals surface area (Å²) >= 11 is 0. The second-order valence-electron chi connectivity index (χ2n) is 7.43. The van der Waals surface area contributed by atoms with Crippen LogP contribution in [0.25, 0.3) is 10.9 Å². The fraction of sp³-hybridized carbons (Fsp3) is 0.333. The van der Waals surface area contributed by atoms with E-state index < -0.39 is 31.0 Å². The zero-order chi connectivity index (χ0) is 22.2. The lowest BCUT2D eigenvalue weighted by molar-refractivity contribution is 0.146. The lowest BCUT2D eigenvalue weighted by Crippen LogP contribution is -2.14. The fourth-order valence-electron chi connectivity index (χ4n) is 3.31. The molecule has 1 atom stereocenters. The number of nitrogens with zero attached hydrogens (tertiary/aromatic N) is 2. The van der Waals surface area contributed by atoms with Crippen molar-refractivity contribution in [3.63, 3.8) is 0 Å². The Bertz CT molecular complexity index is 1150. The van der Waals surface area contributed by atoms with E-state index >= 15 is 0 Å². The Morgan fingerprint density at radius 3 is 2.40 bits per heavy atom. The van der Waals surface area contributed by atoms with Crippen molar-refractivity contribution >= 4 is 29.2 Å². The maximum atomic E-state index is 14.6. The van der Waals surface area contributed by atoms with E-state index in [-0.39, 0.29) is 5.56 Å². The van der Waals surface area contributed by atoms with Crippen LogP contribution in [0.1, 0.15) is 36.3 Å². The van der Waals surface area contributed by atoms with E-state index in [2.05, 4.69) is 15.3 Å². The molecular weight excluding hydrogens is 414 g/mol. The van der Waals surface area contributed by atoms with Gasteiger partial charge >= 0.3 is 0 Å². The number of methoxy groups -OCH3 is 1. The molecular formula is C21H23F3N3O2P. The second kappa shape index (κ2) is 8.26. The predicted octanol–water partition coefficient (Wildman–Crippen LogP) is 5.44. The summed E-state index contributed by atoms with van der Waals surface area (Å²) in [6.07, 6.45) is -2.91. The highest BCUT2D eigenvalue weighted by molar-refractivity contribution is 7.70. The quantitative estimate of drug-likeness (QED) is 0.520. The molecule has 0 aliphatic rings. The van der Waals surface area contributed by atoms with Gasteiger partial charge in [-0.15, -0.1) is 0 Å².